The number of benzene rings is 1. The first-order chi connectivity index (χ1) is 9.15. The van der Waals surface area contributed by atoms with Crippen LogP contribution >= 0.6 is 22.7 Å². The first kappa shape index (κ1) is 12.3. The quantitative estimate of drug-likeness (QED) is 0.767. The Labute approximate surface area is 118 Å². The number of hydrogen-bond donors (Lipinski definition) is 1. The second-order valence-electron chi connectivity index (χ2n) is 4.30. The van der Waals surface area contributed by atoms with E-state index in [-0.39, 0.29) is 5.91 Å². The van der Waals surface area contributed by atoms with Crippen molar-refractivity contribution in [3.05, 3.63) is 45.6 Å². The Morgan fingerprint density at radius 3 is 2.84 bits per heavy atom. The van der Waals surface area contributed by atoms with Crippen molar-refractivity contribution in [1.82, 2.24) is 4.98 Å². The molecule has 0 saturated carbocycles. The van der Waals surface area contributed by atoms with Crippen LogP contribution in [0.1, 0.15) is 20.8 Å². The smallest absolute Gasteiger partial charge is 0.267 e. The predicted octanol–water partition coefficient (Wildman–Crippen LogP) is 4.23. The maximum Gasteiger partial charge on any atom is 0.267 e. The number of nitrogens with zero attached hydrogens (tertiary/aromatic N) is 1. The molecule has 3 nitrogen and oxygen atoms in total. The fourth-order valence-electron chi connectivity index (χ4n) is 1.85. The number of anilines is 1. The summed E-state index contributed by atoms with van der Waals surface area (Å²) in [6.45, 7) is 4.13. The molecule has 1 aromatic carbocycles. The van der Waals surface area contributed by atoms with Crippen molar-refractivity contribution in [2.45, 2.75) is 13.8 Å². The molecular weight excluding hydrogens is 276 g/mol. The minimum absolute atomic E-state index is 0.0940. The number of nitrogens with one attached hydrogen (secondary N) is 1. The SMILES string of the molecule is Cc1ccc2sc(NC(=O)c3cccs3)nc2c1C. The Morgan fingerprint density at radius 1 is 1.26 bits per heavy atom. The van der Waals surface area contributed by atoms with Gasteiger partial charge in [-0.3, -0.25) is 10.1 Å². The van der Waals surface area contributed by atoms with Gasteiger partial charge < -0.3 is 0 Å². The van der Waals surface area contributed by atoms with Gasteiger partial charge in [0.2, 0.25) is 0 Å². The lowest BCUT2D eigenvalue weighted by atomic mass is 10.1. The van der Waals surface area contributed by atoms with Crippen molar-refractivity contribution in [3.63, 3.8) is 0 Å². The molecule has 0 saturated heterocycles. The minimum atomic E-state index is -0.0940. The molecule has 0 aliphatic heterocycles. The monoisotopic (exact) mass is 288 g/mol. The van der Waals surface area contributed by atoms with E-state index in [1.165, 1.54) is 33.8 Å². The zero-order valence-electron chi connectivity index (χ0n) is 10.6. The molecule has 1 N–H and O–H groups in total. The Morgan fingerprint density at radius 2 is 2.11 bits per heavy atom. The van der Waals surface area contributed by atoms with E-state index in [2.05, 4.69) is 36.3 Å². The van der Waals surface area contributed by atoms with Gasteiger partial charge in [0, 0.05) is 0 Å². The number of rotatable bonds is 2. The molecule has 1 amide bonds. The second-order valence-corrected chi connectivity index (χ2v) is 6.28. The fraction of sp³-hybridized carbons (Fsp3) is 0.143. The summed E-state index contributed by atoms with van der Waals surface area (Å²) in [4.78, 5) is 17.2. The number of amides is 1. The normalized spacial score (nSPS) is 10.8. The second kappa shape index (κ2) is 4.75. The van der Waals surface area contributed by atoms with Gasteiger partial charge in [0.15, 0.2) is 5.13 Å². The van der Waals surface area contributed by atoms with E-state index < -0.39 is 0 Å². The third kappa shape index (κ3) is 2.27. The molecule has 0 atom stereocenters. The lowest BCUT2D eigenvalue weighted by Crippen LogP contribution is -2.09. The van der Waals surface area contributed by atoms with Crippen LogP contribution in [0.5, 0.6) is 0 Å². The van der Waals surface area contributed by atoms with Gasteiger partial charge in [-0.05, 0) is 42.5 Å². The van der Waals surface area contributed by atoms with Crippen molar-refractivity contribution < 1.29 is 4.79 Å². The van der Waals surface area contributed by atoms with Crippen molar-refractivity contribution in [1.29, 1.82) is 0 Å². The third-order valence-electron chi connectivity index (χ3n) is 3.05. The van der Waals surface area contributed by atoms with E-state index >= 15 is 0 Å². The molecule has 0 fully saturated rings. The lowest BCUT2D eigenvalue weighted by molar-refractivity contribution is 0.103. The summed E-state index contributed by atoms with van der Waals surface area (Å²) in [6, 6.07) is 7.81. The Kier molecular flexibility index (Phi) is 3.08. The highest BCUT2D eigenvalue weighted by molar-refractivity contribution is 7.22. The van der Waals surface area contributed by atoms with Crippen molar-refractivity contribution in [2.75, 3.05) is 5.32 Å². The molecule has 0 unspecified atom stereocenters. The zero-order valence-corrected chi connectivity index (χ0v) is 12.2. The maximum absolute atomic E-state index is 12.0. The van der Waals surface area contributed by atoms with Gasteiger partial charge in [-0.1, -0.05) is 23.5 Å². The van der Waals surface area contributed by atoms with Gasteiger partial charge >= 0.3 is 0 Å². The number of carbonyl (C=O) groups is 1. The number of hydrogen-bond acceptors (Lipinski definition) is 4. The Hall–Kier alpha value is -1.72. The van der Waals surface area contributed by atoms with Crippen LogP contribution in [0.15, 0.2) is 29.6 Å². The van der Waals surface area contributed by atoms with Gasteiger partial charge in [0.25, 0.3) is 5.91 Å². The summed E-state index contributed by atoms with van der Waals surface area (Å²) < 4.78 is 1.10. The van der Waals surface area contributed by atoms with E-state index in [0.29, 0.717) is 10.0 Å². The molecule has 96 valence electrons. The molecule has 19 heavy (non-hydrogen) atoms. The van der Waals surface area contributed by atoms with E-state index in [9.17, 15) is 4.79 Å². The van der Waals surface area contributed by atoms with Crippen molar-refractivity contribution in [3.8, 4) is 0 Å². The fourth-order valence-corrected chi connectivity index (χ4v) is 3.39. The third-order valence-corrected chi connectivity index (χ3v) is 4.85. The summed E-state index contributed by atoms with van der Waals surface area (Å²) in [5.74, 6) is -0.0940. The molecule has 2 heterocycles. The standard InChI is InChI=1S/C14H12N2OS2/c1-8-5-6-10-12(9(8)2)15-14(19-10)16-13(17)11-4-3-7-18-11/h3-7H,1-2H3,(H,15,16,17). The Bertz CT molecular complexity index is 744. The molecular formula is C14H12N2OS2. The van der Waals surface area contributed by atoms with Gasteiger partial charge in [-0.15, -0.1) is 11.3 Å². The Balaban J connectivity index is 1.94. The molecule has 0 radical (unpaired) electrons. The van der Waals surface area contributed by atoms with Crippen LogP contribution in [0, 0.1) is 13.8 Å². The van der Waals surface area contributed by atoms with Crippen LogP contribution in [0.3, 0.4) is 0 Å². The van der Waals surface area contributed by atoms with Gasteiger partial charge in [-0.2, -0.15) is 0 Å². The number of aryl methyl sites for hydroxylation is 2. The number of aromatic nitrogens is 1. The van der Waals surface area contributed by atoms with Crippen LogP contribution in [0.4, 0.5) is 5.13 Å². The molecule has 2 aromatic heterocycles. The number of carbonyl (C=O) groups excluding carboxylic acids is 1. The maximum atomic E-state index is 12.0. The largest absolute Gasteiger partial charge is 0.297 e. The number of thiazole rings is 1. The molecule has 0 aliphatic carbocycles. The summed E-state index contributed by atoms with van der Waals surface area (Å²) in [5.41, 5.74) is 3.37. The van der Waals surface area contributed by atoms with Crippen LogP contribution in [-0.4, -0.2) is 10.9 Å². The van der Waals surface area contributed by atoms with E-state index in [0.717, 1.165) is 10.2 Å². The average Bonchev–Trinajstić information content (AvgIpc) is 3.02. The van der Waals surface area contributed by atoms with Crippen molar-refractivity contribution in [2.24, 2.45) is 0 Å². The molecule has 0 bridgehead atoms. The summed E-state index contributed by atoms with van der Waals surface area (Å²) in [7, 11) is 0. The molecule has 3 aromatic rings. The van der Waals surface area contributed by atoms with Crippen LogP contribution in [-0.2, 0) is 0 Å². The predicted molar refractivity (Wildman–Crippen MR) is 81.4 cm³/mol. The highest BCUT2D eigenvalue weighted by Gasteiger charge is 2.12. The van der Waals surface area contributed by atoms with E-state index in [1.54, 1.807) is 0 Å². The molecule has 3 rings (SSSR count). The van der Waals surface area contributed by atoms with Crippen LogP contribution < -0.4 is 5.32 Å². The zero-order chi connectivity index (χ0) is 13.4. The van der Waals surface area contributed by atoms with Crippen LogP contribution in [0.25, 0.3) is 10.2 Å². The molecule has 5 heteroatoms. The highest BCUT2D eigenvalue weighted by atomic mass is 32.1. The summed E-state index contributed by atoms with van der Waals surface area (Å²) in [5, 5.41) is 5.40. The first-order valence-electron chi connectivity index (χ1n) is 5.87. The first-order valence-corrected chi connectivity index (χ1v) is 7.56. The summed E-state index contributed by atoms with van der Waals surface area (Å²) >= 11 is 2.93. The number of fused-ring (bicyclic) bond motifs is 1. The molecule has 0 spiro atoms. The highest BCUT2D eigenvalue weighted by Crippen LogP contribution is 2.30. The van der Waals surface area contributed by atoms with Gasteiger partial charge in [-0.25, -0.2) is 4.98 Å². The van der Waals surface area contributed by atoms with E-state index in [4.69, 9.17) is 0 Å². The topological polar surface area (TPSA) is 42.0 Å². The lowest BCUT2D eigenvalue weighted by Gasteiger charge is -1.98. The van der Waals surface area contributed by atoms with Gasteiger partial charge in [0.05, 0.1) is 15.1 Å². The van der Waals surface area contributed by atoms with Crippen molar-refractivity contribution >= 4 is 43.9 Å². The summed E-state index contributed by atoms with van der Waals surface area (Å²) in [6.07, 6.45) is 0. The number of thiophene rings is 1. The molecule has 0 aliphatic rings. The van der Waals surface area contributed by atoms with Crippen LogP contribution in [0.2, 0.25) is 0 Å². The minimum Gasteiger partial charge on any atom is -0.297 e. The van der Waals surface area contributed by atoms with Gasteiger partial charge in [0.1, 0.15) is 0 Å². The average molecular weight is 288 g/mol. The van der Waals surface area contributed by atoms with E-state index in [1.807, 2.05) is 17.5 Å².